The van der Waals surface area contributed by atoms with Gasteiger partial charge in [-0.1, -0.05) is 15.9 Å². The van der Waals surface area contributed by atoms with Gasteiger partial charge in [-0.2, -0.15) is 0 Å². The fourth-order valence-electron chi connectivity index (χ4n) is 1.84. The lowest BCUT2D eigenvalue weighted by molar-refractivity contribution is 0.274. The molecule has 20 heavy (non-hydrogen) atoms. The first-order valence-corrected chi connectivity index (χ1v) is 8.21. The second-order valence-corrected chi connectivity index (χ2v) is 7.42. The number of rotatable bonds is 6. The fourth-order valence-corrected chi connectivity index (χ4v) is 3.88. The summed E-state index contributed by atoms with van der Waals surface area (Å²) in [5.41, 5.74) is -0.0694. The first-order chi connectivity index (χ1) is 9.17. The van der Waals surface area contributed by atoms with Gasteiger partial charge in [-0.25, -0.2) is 17.5 Å². The Bertz CT molecular complexity index is 578. The van der Waals surface area contributed by atoms with Crippen LogP contribution in [0.3, 0.4) is 0 Å². The van der Waals surface area contributed by atoms with Crippen molar-refractivity contribution in [2.75, 3.05) is 20.6 Å². The van der Waals surface area contributed by atoms with Crippen LogP contribution in [0.4, 0.5) is 4.39 Å². The van der Waals surface area contributed by atoms with Crippen molar-refractivity contribution >= 4 is 26.0 Å². The molecule has 0 saturated carbocycles. The fraction of sp³-hybridized carbons (Fsp3) is 0.500. The highest BCUT2D eigenvalue weighted by Gasteiger charge is 2.24. The predicted octanol–water partition coefficient (Wildman–Crippen LogP) is 1.31. The average Bonchev–Trinajstić information content (AvgIpc) is 2.29. The molecule has 0 aliphatic carbocycles. The molecular formula is C12H18BrFN2O3S. The largest absolute Gasteiger partial charge is 0.392 e. The van der Waals surface area contributed by atoms with Crippen molar-refractivity contribution < 1.29 is 17.9 Å². The normalized spacial score (nSPS) is 13.8. The second-order valence-electron chi connectivity index (χ2n) is 4.82. The number of hydrogen-bond acceptors (Lipinski definition) is 4. The third-order valence-corrected chi connectivity index (χ3v) is 4.58. The van der Waals surface area contributed by atoms with Crippen LogP contribution in [0, 0.1) is 5.82 Å². The van der Waals surface area contributed by atoms with Crippen LogP contribution < -0.4 is 4.72 Å². The van der Waals surface area contributed by atoms with Gasteiger partial charge in [0.2, 0.25) is 10.0 Å². The van der Waals surface area contributed by atoms with E-state index in [4.69, 9.17) is 5.11 Å². The quantitative estimate of drug-likeness (QED) is 0.794. The van der Waals surface area contributed by atoms with Crippen LogP contribution in [-0.2, 0) is 16.6 Å². The van der Waals surface area contributed by atoms with E-state index in [1.54, 1.807) is 6.92 Å². The summed E-state index contributed by atoms with van der Waals surface area (Å²) in [4.78, 5) is 1.35. The number of benzene rings is 1. The zero-order valence-electron chi connectivity index (χ0n) is 11.5. The van der Waals surface area contributed by atoms with E-state index >= 15 is 0 Å². The number of halogens is 2. The van der Waals surface area contributed by atoms with Crippen LogP contribution in [0.1, 0.15) is 12.5 Å². The van der Waals surface area contributed by atoms with Gasteiger partial charge in [0, 0.05) is 22.6 Å². The zero-order chi connectivity index (χ0) is 15.5. The van der Waals surface area contributed by atoms with Crippen molar-refractivity contribution in [2.45, 2.75) is 24.5 Å². The first kappa shape index (κ1) is 17.5. The van der Waals surface area contributed by atoms with Crippen molar-refractivity contribution in [2.24, 2.45) is 0 Å². The Morgan fingerprint density at radius 3 is 2.55 bits per heavy atom. The lowest BCUT2D eigenvalue weighted by Gasteiger charge is -2.19. The Balaban J connectivity index is 3.13. The number of aliphatic hydroxyl groups excluding tert-OH is 1. The van der Waals surface area contributed by atoms with Gasteiger partial charge >= 0.3 is 0 Å². The molecule has 5 nitrogen and oxygen atoms in total. The van der Waals surface area contributed by atoms with Gasteiger partial charge in [0.15, 0.2) is 0 Å². The topological polar surface area (TPSA) is 69.6 Å². The molecule has 1 atom stereocenters. The van der Waals surface area contributed by atoms with Gasteiger partial charge in [-0.3, -0.25) is 0 Å². The molecule has 8 heteroatoms. The number of likely N-dealkylation sites (N-methyl/N-ethyl adjacent to an activating group) is 1. The van der Waals surface area contributed by atoms with Crippen molar-refractivity contribution in [1.82, 2.24) is 9.62 Å². The molecule has 1 aromatic carbocycles. The van der Waals surface area contributed by atoms with E-state index in [0.29, 0.717) is 11.0 Å². The monoisotopic (exact) mass is 368 g/mol. The Labute approximate surface area is 127 Å². The Kier molecular flexibility index (Phi) is 6.08. The summed E-state index contributed by atoms with van der Waals surface area (Å²) < 4.78 is 41.2. The lowest BCUT2D eigenvalue weighted by Crippen LogP contribution is -2.39. The number of aliphatic hydroxyl groups is 1. The molecule has 0 saturated heterocycles. The third-order valence-electron chi connectivity index (χ3n) is 2.53. The van der Waals surface area contributed by atoms with Gasteiger partial charge in [0.25, 0.3) is 0 Å². The third kappa shape index (κ3) is 4.49. The maximum Gasteiger partial charge on any atom is 0.243 e. The van der Waals surface area contributed by atoms with Crippen LogP contribution in [0.15, 0.2) is 21.5 Å². The van der Waals surface area contributed by atoms with Gasteiger partial charge in [-0.05, 0) is 33.2 Å². The smallest absolute Gasteiger partial charge is 0.243 e. The van der Waals surface area contributed by atoms with Crippen LogP contribution in [0.25, 0.3) is 0 Å². The average molecular weight is 369 g/mol. The van der Waals surface area contributed by atoms with Crippen molar-refractivity contribution in [3.63, 3.8) is 0 Å². The maximum absolute atomic E-state index is 14.1. The molecule has 0 aliphatic heterocycles. The highest BCUT2D eigenvalue weighted by Crippen LogP contribution is 2.24. The lowest BCUT2D eigenvalue weighted by atomic mass is 10.2. The summed E-state index contributed by atoms with van der Waals surface area (Å²) >= 11 is 3.11. The molecule has 0 fully saturated rings. The van der Waals surface area contributed by atoms with Crippen LogP contribution in [0.2, 0.25) is 0 Å². The van der Waals surface area contributed by atoms with E-state index in [1.165, 1.54) is 12.1 Å². The molecule has 1 aromatic rings. The standard InChI is InChI=1S/C12H18BrFN2O3S/c1-8(6-16(2)3)15-20(18,19)11-5-10(13)4-9(7-17)12(11)14/h4-5,8,15,17H,6-7H2,1-3H3. The minimum Gasteiger partial charge on any atom is -0.392 e. The zero-order valence-corrected chi connectivity index (χ0v) is 13.9. The van der Waals surface area contributed by atoms with E-state index in [9.17, 15) is 12.8 Å². The number of nitrogens with one attached hydrogen (secondary N) is 1. The van der Waals surface area contributed by atoms with E-state index in [1.807, 2.05) is 19.0 Å². The highest BCUT2D eigenvalue weighted by atomic mass is 79.9. The van der Waals surface area contributed by atoms with Gasteiger partial charge < -0.3 is 10.0 Å². The Hall–Kier alpha value is -0.540. The molecule has 0 spiro atoms. The molecule has 114 valence electrons. The van der Waals surface area contributed by atoms with Crippen molar-refractivity contribution in [3.8, 4) is 0 Å². The molecule has 0 bridgehead atoms. The van der Waals surface area contributed by atoms with Gasteiger partial charge in [0.05, 0.1) is 6.61 Å². The molecule has 0 amide bonds. The Morgan fingerprint density at radius 2 is 2.05 bits per heavy atom. The summed E-state index contributed by atoms with van der Waals surface area (Å²) in [6.07, 6.45) is 0. The maximum atomic E-state index is 14.1. The van der Waals surface area contributed by atoms with Crippen molar-refractivity contribution in [1.29, 1.82) is 0 Å². The van der Waals surface area contributed by atoms with Crippen molar-refractivity contribution in [3.05, 3.63) is 28.0 Å². The molecular weight excluding hydrogens is 351 g/mol. The molecule has 0 radical (unpaired) electrons. The van der Waals surface area contributed by atoms with E-state index in [0.717, 1.165) is 0 Å². The van der Waals surface area contributed by atoms with E-state index in [2.05, 4.69) is 20.7 Å². The SMILES string of the molecule is CC(CN(C)C)NS(=O)(=O)c1cc(Br)cc(CO)c1F. The van der Waals surface area contributed by atoms with Crippen LogP contribution in [-0.4, -0.2) is 45.1 Å². The summed E-state index contributed by atoms with van der Waals surface area (Å²) in [5.74, 6) is -0.930. The van der Waals surface area contributed by atoms with Gasteiger partial charge in [-0.15, -0.1) is 0 Å². The summed E-state index contributed by atoms with van der Waals surface area (Å²) in [6.45, 7) is 1.61. The van der Waals surface area contributed by atoms with Crippen LogP contribution in [0.5, 0.6) is 0 Å². The molecule has 1 rings (SSSR count). The molecule has 0 aromatic heterocycles. The first-order valence-electron chi connectivity index (χ1n) is 5.93. The minimum atomic E-state index is -3.98. The van der Waals surface area contributed by atoms with Gasteiger partial charge in [0.1, 0.15) is 10.7 Å². The molecule has 0 aliphatic rings. The Morgan fingerprint density at radius 1 is 1.45 bits per heavy atom. The second kappa shape index (κ2) is 6.95. The van der Waals surface area contributed by atoms with Crippen LogP contribution >= 0.6 is 15.9 Å². The minimum absolute atomic E-state index is 0.0694. The molecule has 1 unspecified atom stereocenters. The number of sulfonamides is 1. The molecule has 0 heterocycles. The summed E-state index contributed by atoms with van der Waals surface area (Å²) in [6, 6.07) is 2.16. The number of hydrogen-bond donors (Lipinski definition) is 2. The van der Waals surface area contributed by atoms with E-state index < -0.39 is 27.3 Å². The van der Waals surface area contributed by atoms with E-state index in [-0.39, 0.29) is 11.6 Å². The molecule has 2 N–H and O–H groups in total. The predicted molar refractivity (Wildman–Crippen MR) is 78.4 cm³/mol. The highest BCUT2D eigenvalue weighted by molar-refractivity contribution is 9.10. The summed E-state index contributed by atoms with van der Waals surface area (Å²) in [7, 11) is -0.356. The number of nitrogens with zero attached hydrogens (tertiary/aromatic N) is 1. The summed E-state index contributed by atoms with van der Waals surface area (Å²) in [5, 5.41) is 9.05.